The van der Waals surface area contributed by atoms with Crippen LogP contribution in [0.4, 0.5) is 19.0 Å². The molecule has 1 aliphatic carbocycles. The Morgan fingerprint density at radius 2 is 1.75 bits per heavy atom. The van der Waals surface area contributed by atoms with E-state index in [1.54, 1.807) is 0 Å². The number of aromatic nitrogens is 1. The zero-order valence-electron chi connectivity index (χ0n) is 10.7. The third-order valence-electron chi connectivity index (χ3n) is 4.07. The molecule has 0 saturated carbocycles. The van der Waals surface area contributed by atoms with Crippen LogP contribution in [0.3, 0.4) is 0 Å². The number of halogens is 4. The minimum atomic E-state index is -4.40. The molecule has 0 aromatic carbocycles. The molecule has 0 amide bonds. The molecular weight excluding hydrogens is 289 g/mol. The van der Waals surface area contributed by atoms with Gasteiger partial charge in [-0.25, -0.2) is 4.98 Å². The van der Waals surface area contributed by atoms with E-state index in [0.29, 0.717) is 17.7 Å². The van der Waals surface area contributed by atoms with Crippen LogP contribution < -0.4 is 4.90 Å². The summed E-state index contributed by atoms with van der Waals surface area (Å²) in [5.41, 5.74) is -0.801. The summed E-state index contributed by atoms with van der Waals surface area (Å²) in [5, 5.41) is 0.0754. The van der Waals surface area contributed by atoms with Crippen molar-refractivity contribution < 1.29 is 13.2 Å². The van der Waals surface area contributed by atoms with Crippen molar-refractivity contribution >= 4 is 17.4 Å². The molecule has 1 fully saturated rings. The van der Waals surface area contributed by atoms with Gasteiger partial charge in [0.15, 0.2) is 0 Å². The third-order valence-corrected chi connectivity index (χ3v) is 4.35. The Bertz CT molecular complexity index is 526. The summed E-state index contributed by atoms with van der Waals surface area (Å²) in [6, 6.07) is 0.962. The van der Waals surface area contributed by atoms with Crippen LogP contribution in [0.5, 0.6) is 0 Å². The van der Waals surface area contributed by atoms with Crippen molar-refractivity contribution in [3.05, 3.63) is 35.0 Å². The highest BCUT2D eigenvalue weighted by Gasteiger charge is 2.36. The maximum absolute atomic E-state index is 12.6. The van der Waals surface area contributed by atoms with Gasteiger partial charge in [0.1, 0.15) is 5.82 Å². The van der Waals surface area contributed by atoms with E-state index in [4.69, 9.17) is 11.6 Å². The lowest BCUT2D eigenvalue weighted by molar-refractivity contribution is -0.137. The number of nitrogens with zero attached hydrogens (tertiary/aromatic N) is 2. The fraction of sp³-hybridized carbons (Fsp3) is 0.500. The number of hydrogen-bond donors (Lipinski definition) is 0. The lowest BCUT2D eigenvalue weighted by Gasteiger charge is -2.19. The summed E-state index contributed by atoms with van der Waals surface area (Å²) in [5.74, 6) is 1.58. The van der Waals surface area contributed by atoms with Gasteiger partial charge in [0.25, 0.3) is 0 Å². The van der Waals surface area contributed by atoms with Crippen LogP contribution in [0.2, 0.25) is 5.02 Å². The van der Waals surface area contributed by atoms with Gasteiger partial charge in [-0.1, -0.05) is 23.8 Å². The average molecular weight is 303 g/mol. The highest BCUT2D eigenvalue weighted by Crippen LogP contribution is 2.38. The normalized spacial score (nSPS) is 25.9. The van der Waals surface area contributed by atoms with Gasteiger partial charge in [0.05, 0.1) is 10.6 Å². The fourth-order valence-electron chi connectivity index (χ4n) is 3.01. The number of allylic oxidation sites excluding steroid dienone is 2. The fourth-order valence-corrected chi connectivity index (χ4v) is 3.29. The molecule has 1 aromatic heterocycles. The molecule has 2 atom stereocenters. The number of pyridine rings is 1. The Kier molecular flexibility index (Phi) is 3.40. The van der Waals surface area contributed by atoms with E-state index in [1.807, 2.05) is 4.90 Å². The van der Waals surface area contributed by atoms with Gasteiger partial charge in [0.2, 0.25) is 0 Å². The summed E-state index contributed by atoms with van der Waals surface area (Å²) in [6.07, 6.45) is 2.86. The van der Waals surface area contributed by atoms with Crippen LogP contribution in [0, 0.1) is 11.8 Å². The van der Waals surface area contributed by atoms with E-state index < -0.39 is 11.7 Å². The molecule has 2 nitrogen and oxygen atoms in total. The van der Waals surface area contributed by atoms with Crippen LogP contribution in [-0.4, -0.2) is 18.1 Å². The van der Waals surface area contributed by atoms with Crippen molar-refractivity contribution in [1.29, 1.82) is 0 Å². The van der Waals surface area contributed by atoms with Crippen molar-refractivity contribution in [3.63, 3.8) is 0 Å². The van der Waals surface area contributed by atoms with Gasteiger partial charge in [-0.2, -0.15) is 13.2 Å². The largest absolute Gasteiger partial charge is 0.417 e. The molecule has 2 unspecified atom stereocenters. The lowest BCUT2D eigenvalue weighted by atomic mass is 9.86. The molecule has 0 radical (unpaired) electrons. The first-order valence-electron chi connectivity index (χ1n) is 6.58. The highest BCUT2D eigenvalue weighted by molar-refractivity contribution is 6.33. The van der Waals surface area contributed by atoms with Gasteiger partial charge in [-0.05, 0) is 30.7 Å². The van der Waals surface area contributed by atoms with Crippen LogP contribution >= 0.6 is 11.6 Å². The summed E-state index contributed by atoms with van der Waals surface area (Å²) in [4.78, 5) is 5.94. The van der Waals surface area contributed by atoms with Gasteiger partial charge >= 0.3 is 6.18 Å². The van der Waals surface area contributed by atoms with E-state index in [0.717, 1.165) is 38.2 Å². The van der Waals surface area contributed by atoms with Gasteiger partial charge in [-0.15, -0.1) is 0 Å². The summed E-state index contributed by atoms with van der Waals surface area (Å²) >= 11 is 5.99. The van der Waals surface area contributed by atoms with E-state index in [9.17, 15) is 13.2 Å². The summed E-state index contributed by atoms with van der Waals surface area (Å²) in [6.45, 7) is 1.63. The predicted molar refractivity (Wildman–Crippen MR) is 71.8 cm³/mol. The molecule has 0 bridgehead atoms. The standard InChI is InChI=1S/C14H14ClF3N2/c15-12-5-11(14(16,17)18)6-19-13(12)20-7-9-3-1-2-4-10(9)8-20/h1-2,5-6,9-10H,3-4,7-8H2. The Balaban J connectivity index is 1.82. The Labute approximate surface area is 120 Å². The van der Waals surface area contributed by atoms with Crippen LogP contribution in [0.1, 0.15) is 18.4 Å². The molecule has 20 heavy (non-hydrogen) atoms. The second kappa shape index (κ2) is 4.95. The number of rotatable bonds is 1. The number of fused-ring (bicyclic) bond motifs is 1. The lowest BCUT2D eigenvalue weighted by Crippen LogP contribution is -2.22. The molecule has 0 N–H and O–H groups in total. The van der Waals surface area contributed by atoms with Crippen LogP contribution in [0.25, 0.3) is 0 Å². The SMILES string of the molecule is FC(F)(F)c1cnc(N2CC3CC=CCC3C2)c(Cl)c1. The van der Waals surface area contributed by atoms with E-state index in [1.165, 1.54) is 0 Å². The van der Waals surface area contributed by atoms with Crippen molar-refractivity contribution in [2.45, 2.75) is 19.0 Å². The molecule has 6 heteroatoms. The van der Waals surface area contributed by atoms with Crippen molar-refractivity contribution in [2.24, 2.45) is 11.8 Å². The van der Waals surface area contributed by atoms with Gasteiger partial charge in [0, 0.05) is 19.3 Å². The minimum Gasteiger partial charge on any atom is -0.355 e. The van der Waals surface area contributed by atoms with Crippen molar-refractivity contribution in [2.75, 3.05) is 18.0 Å². The first kappa shape index (κ1) is 13.7. The van der Waals surface area contributed by atoms with Crippen molar-refractivity contribution in [3.8, 4) is 0 Å². The van der Waals surface area contributed by atoms with Gasteiger partial charge in [-0.3, -0.25) is 0 Å². The molecule has 1 aliphatic heterocycles. The maximum Gasteiger partial charge on any atom is 0.417 e. The van der Waals surface area contributed by atoms with Crippen molar-refractivity contribution in [1.82, 2.24) is 4.98 Å². The Morgan fingerprint density at radius 1 is 1.15 bits per heavy atom. The van der Waals surface area contributed by atoms with Crippen LogP contribution in [0.15, 0.2) is 24.4 Å². The minimum absolute atomic E-state index is 0.0754. The Hall–Kier alpha value is -1.23. The summed E-state index contributed by atoms with van der Waals surface area (Å²) in [7, 11) is 0. The molecule has 1 saturated heterocycles. The summed E-state index contributed by atoms with van der Waals surface area (Å²) < 4.78 is 37.8. The van der Waals surface area contributed by atoms with Gasteiger partial charge < -0.3 is 4.90 Å². The smallest absolute Gasteiger partial charge is 0.355 e. The quantitative estimate of drug-likeness (QED) is 0.724. The number of alkyl halides is 3. The molecule has 2 aliphatic rings. The first-order chi connectivity index (χ1) is 9.45. The first-order valence-corrected chi connectivity index (χ1v) is 6.95. The molecular formula is C14H14ClF3N2. The van der Waals surface area contributed by atoms with E-state index in [-0.39, 0.29) is 5.02 Å². The topological polar surface area (TPSA) is 16.1 Å². The zero-order valence-corrected chi connectivity index (χ0v) is 11.5. The molecule has 108 valence electrons. The molecule has 3 rings (SSSR count). The maximum atomic E-state index is 12.6. The molecule has 0 spiro atoms. The monoisotopic (exact) mass is 302 g/mol. The Morgan fingerprint density at radius 3 is 2.25 bits per heavy atom. The highest BCUT2D eigenvalue weighted by atomic mass is 35.5. The second-order valence-corrected chi connectivity index (χ2v) is 5.80. The number of anilines is 1. The average Bonchev–Trinajstić information content (AvgIpc) is 2.80. The van der Waals surface area contributed by atoms with Crippen LogP contribution in [-0.2, 0) is 6.18 Å². The van der Waals surface area contributed by atoms with E-state index in [2.05, 4.69) is 17.1 Å². The van der Waals surface area contributed by atoms with E-state index >= 15 is 0 Å². The zero-order chi connectivity index (χ0) is 14.3. The number of hydrogen-bond acceptors (Lipinski definition) is 2. The molecule has 1 aromatic rings. The third kappa shape index (κ3) is 2.51. The predicted octanol–water partition coefficient (Wildman–Crippen LogP) is 4.16. The molecule has 2 heterocycles. The second-order valence-electron chi connectivity index (χ2n) is 5.40.